The van der Waals surface area contributed by atoms with Gasteiger partial charge in [0.1, 0.15) is 11.6 Å². The number of carbonyl (C=O) groups is 2. The van der Waals surface area contributed by atoms with Crippen LogP contribution in [0.3, 0.4) is 0 Å². The predicted octanol–water partition coefficient (Wildman–Crippen LogP) is 5.28. The molecule has 32 heavy (non-hydrogen) atoms. The number of hydrogen-bond acceptors (Lipinski definition) is 4. The topological polar surface area (TPSA) is 62.7 Å². The van der Waals surface area contributed by atoms with E-state index in [0.29, 0.717) is 28.6 Å². The maximum atomic E-state index is 13.5. The molecule has 0 unspecified atom stereocenters. The number of aromatic nitrogens is 1. The van der Waals surface area contributed by atoms with Gasteiger partial charge in [0.15, 0.2) is 0 Å². The van der Waals surface area contributed by atoms with Crippen molar-refractivity contribution in [3.05, 3.63) is 83.0 Å². The fourth-order valence-corrected chi connectivity index (χ4v) is 4.39. The number of benzene rings is 2. The van der Waals surface area contributed by atoms with Crippen LogP contribution in [-0.2, 0) is 4.79 Å². The summed E-state index contributed by atoms with van der Waals surface area (Å²) in [6, 6.07) is 17.9. The van der Waals surface area contributed by atoms with Crippen LogP contribution in [0.4, 0.5) is 11.5 Å². The number of methoxy groups -OCH3 is 1. The third-order valence-electron chi connectivity index (χ3n) is 5.71. The van der Waals surface area contributed by atoms with Crippen molar-refractivity contribution in [3.63, 3.8) is 0 Å². The number of carbonyl (C=O) groups excluding carboxylic acids is 2. The van der Waals surface area contributed by atoms with Crippen molar-refractivity contribution in [1.82, 2.24) is 4.98 Å². The maximum Gasteiger partial charge on any atom is 0.258 e. The lowest BCUT2D eigenvalue weighted by Crippen LogP contribution is -2.47. The maximum absolute atomic E-state index is 13.5. The minimum atomic E-state index is -0.262. The van der Waals surface area contributed by atoms with E-state index in [-0.39, 0.29) is 23.9 Å². The Labute approximate surface area is 192 Å². The highest BCUT2D eigenvalue weighted by molar-refractivity contribution is 6.30. The van der Waals surface area contributed by atoms with Crippen molar-refractivity contribution in [3.8, 4) is 5.75 Å². The zero-order valence-electron chi connectivity index (χ0n) is 18.2. The Bertz CT molecular complexity index is 1150. The average molecular weight is 450 g/mol. The first-order valence-electron chi connectivity index (χ1n) is 10.4. The van der Waals surface area contributed by atoms with E-state index in [9.17, 15) is 9.59 Å². The molecule has 0 spiro atoms. The summed E-state index contributed by atoms with van der Waals surface area (Å²) in [7, 11) is 1.58. The molecule has 0 fully saturated rings. The summed E-state index contributed by atoms with van der Waals surface area (Å²) < 4.78 is 5.29. The molecule has 0 saturated carbocycles. The second-order valence-corrected chi connectivity index (χ2v) is 8.23. The first-order chi connectivity index (χ1) is 15.4. The standard InChI is InChI=1S/C25H24ClN3O3/c1-16-13-23(29(17(2)30)24-12-11-19(26)15-27-24)21-9-4-5-10-22(21)28(16)25(31)18-7-6-8-20(14-18)32-3/h4-12,14-16,23H,13H2,1-3H3/t16-,23+/m1/s1. The molecule has 2 aromatic carbocycles. The number of ether oxygens (including phenoxy) is 1. The number of para-hydroxylation sites is 1. The Morgan fingerprint density at radius 3 is 2.59 bits per heavy atom. The van der Waals surface area contributed by atoms with Crippen LogP contribution in [0.2, 0.25) is 5.02 Å². The Kier molecular flexibility index (Phi) is 6.15. The number of hydrogen-bond donors (Lipinski definition) is 0. The van der Waals surface area contributed by atoms with Crippen molar-refractivity contribution in [1.29, 1.82) is 0 Å². The van der Waals surface area contributed by atoms with Crippen molar-refractivity contribution in [2.45, 2.75) is 32.4 Å². The molecular formula is C25H24ClN3O3. The van der Waals surface area contributed by atoms with Gasteiger partial charge >= 0.3 is 0 Å². The third kappa shape index (κ3) is 4.06. The summed E-state index contributed by atoms with van der Waals surface area (Å²) in [6.45, 7) is 3.52. The highest BCUT2D eigenvalue weighted by atomic mass is 35.5. The lowest BCUT2D eigenvalue weighted by Gasteiger charge is -2.43. The zero-order valence-corrected chi connectivity index (χ0v) is 18.9. The summed E-state index contributed by atoms with van der Waals surface area (Å²) in [5.74, 6) is 0.922. The number of pyridine rings is 1. The molecule has 0 bridgehead atoms. The quantitative estimate of drug-likeness (QED) is 0.543. The van der Waals surface area contributed by atoms with Gasteiger partial charge in [-0.05, 0) is 55.3 Å². The molecule has 7 heteroatoms. The van der Waals surface area contributed by atoms with E-state index in [4.69, 9.17) is 16.3 Å². The molecular weight excluding hydrogens is 426 g/mol. The lowest BCUT2D eigenvalue weighted by atomic mass is 9.89. The van der Waals surface area contributed by atoms with Gasteiger partial charge < -0.3 is 9.64 Å². The molecule has 0 aliphatic carbocycles. The van der Waals surface area contributed by atoms with Gasteiger partial charge in [-0.2, -0.15) is 0 Å². The predicted molar refractivity (Wildman–Crippen MR) is 125 cm³/mol. The van der Waals surface area contributed by atoms with Gasteiger partial charge in [-0.15, -0.1) is 0 Å². The van der Waals surface area contributed by atoms with Gasteiger partial charge in [-0.25, -0.2) is 4.98 Å². The van der Waals surface area contributed by atoms with Gasteiger partial charge in [-0.3, -0.25) is 14.5 Å². The Morgan fingerprint density at radius 1 is 1.12 bits per heavy atom. The molecule has 1 aliphatic heterocycles. The second kappa shape index (κ2) is 9.01. The van der Waals surface area contributed by atoms with Gasteiger partial charge in [0.05, 0.1) is 18.2 Å². The second-order valence-electron chi connectivity index (χ2n) is 7.79. The monoisotopic (exact) mass is 449 g/mol. The van der Waals surface area contributed by atoms with Crippen LogP contribution in [0.15, 0.2) is 66.9 Å². The SMILES string of the molecule is COc1cccc(C(=O)N2c3ccccc3[C@@H](N(C(C)=O)c3ccc(Cl)cn3)C[C@H]2C)c1. The van der Waals surface area contributed by atoms with E-state index in [2.05, 4.69) is 4.98 Å². The summed E-state index contributed by atoms with van der Waals surface area (Å²) >= 11 is 6.00. The van der Waals surface area contributed by atoms with Crippen LogP contribution in [-0.4, -0.2) is 29.9 Å². The van der Waals surface area contributed by atoms with Crippen LogP contribution in [0.25, 0.3) is 0 Å². The van der Waals surface area contributed by atoms with Crippen molar-refractivity contribution >= 4 is 34.9 Å². The van der Waals surface area contributed by atoms with E-state index in [1.165, 1.54) is 13.1 Å². The third-order valence-corrected chi connectivity index (χ3v) is 5.93. The summed E-state index contributed by atoms with van der Waals surface area (Å²) in [5.41, 5.74) is 2.23. The van der Waals surface area contributed by atoms with E-state index in [1.807, 2.05) is 37.3 Å². The highest BCUT2D eigenvalue weighted by Crippen LogP contribution is 2.42. The molecule has 2 heterocycles. The molecule has 3 aromatic rings. The van der Waals surface area contributed by atoms with E-state index in [0.717, 1.165) is 11.3 Å². The van der Waals surface area contributed by atoms with Crippen LogP contribution in [0, 0.1) is 0 Å². The van der Waals surface area contributed by atoms with E-state index in [1.54, 1.807) is 47.2 Å². The van der Waals surface area contributed by atoms with Crippen LogP contribution in [0.5, 0.6) is 5.75 Å². The molecule has 4 rings (SSSR count). The Balaban J connectivity index is 1.77. The number of nitrogens with zero attached hydrogens (tertiary/aromatic N) is 3. The number of amides is 2. The number of anilines is 2. The Morgan fingerprint density at radius 2 is 1.91 bits per heavy atom. The highest BCUT2D eigenvalue weighted by Gasteiger charge is 2.38. The fraction of sp³-hybridized carbons (Fsp3) is 0.240. The smallest absolute Gasteiger partial charge is 0.258 e. The average Bonchev–Trinajstić information content (AvgIpc) is 2.80. The van der Waals surface area contributed by atoms with E-state index < -0.39 is 0 Å². The minimum absolute atomic E-state index is 0.110. The largest absolute Gasteiger partial charge is 0.497 e. The van der Waals surface area contributed by atoms with Gasteiger partial charge in [0, 0.05) is 30.4 Å². The number of halogens is 1. The molecule has 1 aromatic heterocycles. The normalized spacial score (nSPS) is 17.4. The number of fused-ring (bicyclic) bond motifs is 1. The van der Waals surface area contributed by atoms with Crippen LogP contribution in [0.1, 0.15) is 42.2 Å². The van der Waals surface area contributed by atoms with Crippen LogP contribution >= 0.6 is 11.6 Å². The molecule has 164 valence electrons. The van der Waals surface area contributed by atoms with Crippen LogP contribution < -0.4 is 14.5 Å². The first kappa shape index (κ1) is 21.8. The molecule has 0 radical (unpaired) electrons. The van der Waals surface area contributed by atoms with Crippen molar-refractivity contribution in [2.24, 2.45) is 0 Å². The van der Waals surface area contributed by atoms with E-state index >= 15 is 0 Å². The molecule has 6 nitrogen and oxygen atoms in total. The van der Waals surface area contributed by atoms with Crippen molar-refractivity contribution in [2.75, 3.05) is 16.9 Å². The minimum Gasteiger partial charge on any atom is -0.497 e. The molecule has 2 amide bonds. The summed E-state index contributed by atoms with van der Waals surface area (Å²) in [6.07, 6.45) is 2.10. The summed E-state index contributed by atoms with van der Waals surface area (Å²) in [5, 5.41) is 0.504. The number of rotatable bonds is 4. The molecule has 1 aliphatic rings. The summed E-state index contributed by atoms with van der Waals surface area (Å²) in [4.78, 5) is 34.1. The first-order valence-corrected chi connectivity index (χ1v) is 10.8. The molecule has 0 saturated heterocycles. The zero-order chi connectivity index (χ0) is 22.8. The molecule has 0 N–H and O–H groups in total. The van der Waals surface area contributed by atoms with Gasteiger partial charge in [0.25, 0.3) is 5.91 Å². The van der Waals surface area contributed by atoms with Gasteiger partial charge in [-0.1, -0.05) is 35.9 Å². The van der Waals surface area contributed by atoms with Gasteiger partial charge in [0.2, 0.25) is 5.91 Å². The lowest BCUT2D eigenvalue weighted by molar-refractivity contribution is -0.117. The van der Waals surface area contributed by atoms with Crippen molar-refractivity contribution < 1.29 is 14.3 Å². The Hall–Kier alpha value is -3.38. The fourth-order valence-electron chi connectivity index (χ4n) is 4.28. The molecule has 2 atom stereocenters.